The number of hydrogen-bond acceptors (Lipinski definition) is 4. The molecule has 0 unspecified atom stereocenters. The molecule has 0 fully saturated rings. The van der Waals surface area contributed by atoms with Crippen LogP contribution < -0.4 is 10.1 Å². The Hall–Kier alpha value is -2.89. The number of unbranched alkanes of at least 4 members (excludes halogenated alkanes) is 1. The zero-order valence-corrected chi connectivity index (χ0v) is 14.7. The van der Waals surface area contributed by atoms with Crippen LogP contribution in [0.25, 0.3) is 0 Å². The maximum Gasteiger partial charge on any atom is 0.270 e. The summed E-state index contributed by atoms with van der Waals surface area (Å²) in [6, 6.07) is 9.83. The van der Waals surface area contributed by atoms with E-state index in [0.717, 1.165) is 18.6 Å². The van der Waals surface area contributed by atoms with E-state index in [1.165, 1.54) is 12.1 Å². The zero-order valence-electron chi connectivity index (χ0n) is 14.7. The van der Waals surface area contributed by atoms with E-state index in [1.54, 1.807) is 38.1 Å². The average molecular weight is 342 g/mol. The molecule has 1 amide bonds. The molecule has 132 valence electrons. The van der Waals surface area contributed by atoms with E-state index in [4.69, 9.17) is 4.74 Å². The number of aryl methyl sites for hydroxylation is 2. The van der Waals surface area contributed by atoms with Crippen LogP contribution >= 0.6 is 0 Å². The van der Waals surface area contributed by atoms with Crippen molar-refractivity contribution in [3.05, 3.63) is 63.2 Å². The summed E-state index contributed by atoms with van der Waals surface area (Å²) in [4.78, 5) is 22.9. The second-order valence-corrected chi connectivity index (χ2v) is 5.89. The van der Waals surface area contributed by atoms with Crippen molar-refractivity contribution >= 4 is 17.3 Å². The Kier molecular flexibility index (Phi) is 6.11. The summed E-state index contributed by atoms with van der Waals surface area (Å²) >= 11 is 0. The van der Waals surface area contributed by atoms with E-state index < -0.39 is 4.92 Å². The van der Waals surface area contributed by atoms with Gasteiger partial charge < -0.3 is 10.1 Å². The number of hydrogen-bond donors (Lipinski definition) is 1. The fraction of sp³-hybridized carbons (Fsp3) is 0.316. The monoisotopic (exact) mass is 342 g/mol. The molecule has 2 aromatic carbocycles. The first-order valence-corrected chi connectivity index (χ1v) is 8.22. The number of anilines is 1. The highest BCUT2D eigenvalue weighted by atomic mass is 16.6. The minimum atomic E-state index is -0.442. The van der Waals surface area contributed by atoms with Gasteiger partial charge in [-0.15, -0.1) is 0 Å². The van der Waals surface area contributed by atoms with Crippen LogP contribution in [0.4, 0.5) is 11.4 Å². The summed E-state index contributed by atoms with van der Waals surface area (Å²) in [5.74, 6) is 0.466. The van der Waals surface area contributed by atoms with Crippen molar-refractivity contribution in [2.75, 3.05) is 11.9 Å². The Morgan fingerprint density at radius 2 is 1.76 bits per heavy atom. The first-order valence-electron chi connectivity index (χ1n) is 8.22. The third-order valence-corrected chi connectivity index (χ3v) is 3.85. The average Bonchev–Trinajstić information content (AvgIpc) is 2.58. The van der Waals surface area contributed by atoms with Gasteiger partial charge in [0.1, 0.15) is 5.75 Å². The number of carbonyl (C=O) groups excluding carboxylic acids is 1. The molecule has 6 heteroatoms. The number of nitrogens with zero attached hydrogens (tertiary/aromatic N) is 1. The van der Waals surface area contributed by atoms with Crippen molar-refractivity contribution in [1.29, 1.82) is 0 Å². The molecule has 0 bridgehead atoms. The second kappa shape index (κ2) is 8.28. The Balaban J connectivity index is 2.10. The van der Waals surface area contributed by atoms with E-state index in [-0.39, 0.29) is 11.6 Å². The Morgan fingerprint density at radius 1 is 1.16 bits per heavy atom. The van der Waals surface area contributed by atoms with Crippen LogP contribution in [-0.2, 0) is 0 Å². The lowest BCUT2D eigenvalue weighted by Gasteiger charge is -2.12. The van der Waals surface area contributed by atoms with Gasteiger partial charge in [-0.3, -0.25) is 14.9 Å². The summed E-state index contributed by atoms with van der Waals surface area (Å²) < 4.78 is 5.58. The first-order chi connectivity index (χ1) is 11.9. The molecule has 6 nitrogen and oxygen atoms in total. The maximum atomic E-state index is 12.4. The summed E-state index contributed by atoms with van der Waals surface area (Å²) in [7, 11) is 0. The second-order valence-electron chi connectivity index (χ2n) is 5.89. The van der Waals surface area contributed by atoms with Crippen molar-refractivity contribution in [3.63, 3.8) is 0 Å². The molecular weight excluding hydrogens is 320 g/mol. The molecule has 2 aromatic rings. The summed E-state index contributed by atoms with van der Waals surface area (Å²) in [5, 5.41) is 13.7. The number of ether oxygens (including phenoxy) is 1. The van der Waals surface area contributed by atoms with Crippen LogP contribution in [0.1, 0.15) is 41.3 Å². The third-order valence-electron chi connectivity index (χ3n) is 3.85. The Bertz CT molecular complexity index is 746. The molecule has 0 aliphatic carbocycles. The predicted molar refractivity (Wildman–Crippen MR) is 97.4 cm³/mol. The normalized spacial score (nSPS) is 10.4. The molecule has 0 saturated carbocycles. The van der Waals surface area contributed by atoms with Crippen molar-refractivity contribution in [3.8, 4) is 5.75 Å². The highest BCUT2D eigenvalue weighted by Gasteiger charge is 2.15. The van der Waals surface area contributed by atoms with Crippen LogP contribution in [0.5, 0.6) is 5.75 Å². The first kappa shape index (κ1) is 18.4. The molecule has 0 radical (unpaired) electrons. The lowest BCUT2D eigenvalue weighted by atomic mass is 10.1. The van der Waals surface area contributed by atoms with Gasteiger partial charge in [-0.25, -0.2) is 0 Å². The molecule has 0 heterocycles. The largest absolute Gasteiger partial charge is 0.494 e. The van der Waals surface area contributed by atoms with Crippen molar-refractivity contribution < 1.29 is 14.5 Å². The van der Waals surface area contributed by atoms with Crippen LogP contribution in [0.3, 0.4) is 0 Å². The molecular formula is C19H22N2O4. The Labute approximate surface area is 147 Å². The van der Waals surface area contributed by atoms with Crippen LogP contribution in [0, 0.1) is 24.0 Å². The van der Waals surface area contributed by atoms with Gasteiger partial charge in [0, 0.05) is 23.4 Å². The van der Waals surface area contributed by atoms with Gasteiger partial charge in [0.25, 0.3) is 11.6 Å². The number of nitrogens with one attached hydrogen (secondary N) is 1. The predicted octanol–water partition coefficient (Wildman–Crippen LogP) is 4.64. The van der Waals surface area contributed by atoms with Gasteiger partial charge in [-0.2, -0.15) is 0 Å². The number of carbonyl (C=O) groups is 1. The lowest BCUT2D eigenvalue weighted by Crippen LogP contribution is -2.14. The lowest BCUT2D eigenvalue weighted by molar-refractivity contribution is -0.384. The molecule has 0 aliphatic rings. The van der Waals surface area contributed by atoms with Gasteiger partial charge in [0.15, 0.2) is 0 Å². The van der Waals surface area contributed by atoms with E-state index >= 15 is 0 Å². The van der Waals surface area contributed by atoms with Gasteiger partial charge in [-0.05, 0) is 55.7 Å². The zero-order chi connectivity index (χ0) is 18.4. The number of non-ortho nitro benzene ring substituents is 1. The van der Waals surface area contributed by atoms with E-state index in [0.29, 0.717) is 29.0 Å². The standard InChI is InChI=1S/C19H22N2O4/c1-4-5-10-25-17-8-6-15(7-9-17)19(22)20-18-13(2)11-16(21(23)24)12-14(18)3/h6-9,11-12H,4-5,10H2,1-3H3,(H,20,22). The number of nitro groups is 1. The number of benzene rings is 2. The number of nitro benzene ring substituents is 1. The molecule has 0 spiro atoms. The van der Waals surface area contributed by atoms with E-state index in [9.17, 15) is 14.9 Å². The van der Waals surface area contributed by atoms with Crippen molar-refractivity contribution in [1.82, 2.24) is 0 Å². The van der Waals surface area contributed by atoms with Crippen molar-refractivity contribution in [2.45, 2.75) is 33.6 Å². The molecule has 25 heavy (non-hydrogen) atoms. The Morgan fingerprint density at radius 3 is 2.28 bits per heavy atom. The van der Waals surface area contributed by atoms with Crippen LogP contribution in [0.2, 0.25) is 0 Å². The topological polar surface area (TPSA) is 81.5 Å². The van der Waals surface area contributed by atoms with Crippen LogP contribution in [-0.4, -0.2) is 17.4 Å². The smallest absolute Gasteiger partial charge is 0.270 e. The molecule has 0 saturated heterocycles. The van der Waals surface area contributed by atoms with Crippen molar-refractivity contribution in [2.24, 2.45) is 0 Å². The minimum Gasteiger partial charge on any atom is -0.494 e. The minimum absolute atomic E-state index is 0.0154. The summed E-state index contributed by atoms with van der Waals surface area (Å²) in [6.07, 6.45) is 2.05. The molecule has 0 atom stereocenters. The highest BCUT2D eigenvalue weighted by molar-refractivity contribution is 6.05. The van der Waals surface area contributed by atoms with Crippen LogP contribution in [0.15, 0.2) is 36.4 Å². The number of amides is 1. The summed E-state index contributed by atoms with van der Waals surface area (Å²) in [6.45, 7) is 6.22. The fourth-order valence-corrected chi connectivity index (χ4v) is 2.47. The highest BCUT2D eigenvalue weighted by Crippen LogP contribution is 2.26. The van der Waals surface area contributed by atoms with E-state index in [1.807, 2.05) is 0 Å². The van der Waals surface area contributed by atoms with Gasteiger partial charge >= 0.3 is 0 Å². The summed E-state index contributed by atoms with van der Waals surface area (Å²) in [5.41, 5.74) is 2.42. The molecule has 1 N–H and O–H groups in total. The maximum absolute atomic E-state index is 12.4. The van der Waals surface area contributed by atoms with Gasteiger partial charge in [-0.1, -0.05) is 13.3 Å². The van der Waals surface area contributed by atoms with Gasteiger partial charge in [0.2, 0.25) is 0 Å². The van der Waals surface area contributed by atoms with E-state index in [2.05, 4.69) is 12.2 Å². The quantitative estimate of drug-likeness (QED) is 0.451. The van der Waals surface area contributed by atoms with Gasteiger partial charge in [0.05, 0.1) is 11.5 Å². The molecule has 0 aliphatic heterocycles. The SMILES string of the molecule is CCCCOc1ccc(C(=O)Nc2c(C)cc([N+](=O)[O-])cc2C)cc1. The third kappa shape index (κ3) is 4.79. The number of rotatable bonds is 7. The molecule has 0 aromatic heterocycles. The molecule has 2 rings (SSSR count). The fourth-order valence-electron chi connectivity index (χ4n) is 2.47.